The highest BCUT2D eigenvalue weighted by Crippen LogP contribution is 2.26. The van der Waals surface area contributed by atoms with Gasteiger partial charge in [0.1, 0.15) is 0 Å². The zero-order chi connectivity index (χ0) is 19.6. The fraction of sp³-hybridized carbons (Fsp3) is 0.400. The van der Waals surface area contributed by atoms with Gasteiger partial charge in [-0.1, -0.05) is 6.07 Å². The first kappa shape index (κ1) is 18.8. The van der Waals surface area contributed by atoms with E-state index in [2.05, 4.69) is 10.3 Å². The van der Waals surface area contributed by atoms with E-state index in [1.54, 1.807) is 11.8 Å². The predicted molar refractivity (Wildman–Crippen MR) is 103 cm³/mol. The first-order valence-electron chi connectivity index (χ1n) is 9.03. The van der Waals surface area contributed by atoms with Crippen molar-refractivity contribution < 1.29 is 9.59 Å². The Morgan fingerprint density at radius 2 is 1.96 bits per heavy atom. The lowest BCUT2D eigenvalue weighted by Gasteiger charge is -2.18. The third-order valence-corrected chi connectivity index (χ3v) is 5.02. The monoisotopic (exact) mass is 368 g/mol. The molecule has 0 spiro atoms. The number of hydrogen-bond acceptors (Lipinski definition) is 4. The molecule has 7 heteroatoms. The van der Waals surface area contributed by atoms with E-state index in [1.165, 1.54) is 22.7 Å². The maximum absolute atomic E-state index is 12.4. The number of benzene rings is 1. The quantitative estimate of drug-likeness (QED) is 0.863. The van der Waals surface area contributed by atoms with Gasteiger partial charge < -0.3 is 10.2 Å². The Kier molecular flexibility index (Phi) is 5.39. The molecular weight excluding hydrogens is 344 g/mol. The van der Waals surface area contributed by atoms with Crippen LogP contribution in [0, 0.1) is 26.7 Å². The minimum absolute atomic E-state index is 0.0440. The Morgan fingerprint density at radius 1 is 1.19 bits per heavy atom. The van der Waals surface area contributed by atoms with Gasteiger partial charge in [-0.15, -0.1) is 0 Å². The van der Waals surface area contributed by atoms with Crippen molar-refractivity contribution in [2.24, 2.45) is 5.92 Å². The smallest absolute Gasteiger partial charge is 0.256 e. The zero-order valence-corrected chi connectivity index (χ0v) is 15.9. The predicted octanol–water partition coefficient (Wildman–Crippen LogP) is 1.34. The normalized spacial score (nSPS) is 16.6. The van der Waals surface area contributed by atoms with Crippen molar-refractivity contribution in [3.05, 3.63) is 57.8 Å². The molecule has 1 atom stereocenters. The summed E-state index contributed by atoms with van der Waals surface area (Å²) in [7, 11) is 0. The number of hydrogen-bond donors (Lipinski definition) is 1. The Labute approximate surface area is 158 Å². The molecule has 0 aliphatic carbocycles. The molecule has 3 rings (SSSR count). The average molecular weight is 368 g/mol. The van der Waals surface area contributed by atoms with Crippen LogP contribution in [0.2, 0.25) is 0 Å². The van der Waals surface area contributed by atoms with Crippen molar-refractivity contribution in [2.75, 3.05) is 18.0 Å². The minimum Gasteiger partial charge on any atom is -0.354 e. The number of rotatable bonds is 5. The lowest BCUT2D eigenvalue weighted by atomic mass is 10.1. The van der Waals surface area contributed by atoms with Gasteiger partial charge in [0.25, 0.3) is 5.56 Å². The number of aryl methyl sites for hydroxylation is 3. The number of nitrogens with one attached hydrogen (secondary N) is 1. The summed E-state index contributed by atoms with van der Waals surface area (Å²) in [4.78, 5) is 42.4. The molecule has 2 aromatic rings. The molecule has 2 heterocycles. The fourth-order valence-corrected chi connectivity index (χ4v) is 3.19. The van der Waals surface area contributed by atoms with Gasteiger partial charge >= 0.3 is 0 Å². The first-order chi connectivity index (χ1) is 12.9. The standard InChI is InChI=1S/C20H24N4O3/c1-13-4-5-17(8-14(13)2)24-11-16(9-18(24)25)19(26)22-6-7-23-12-21-10-15(3)20(23)27/h4-5,8,10,12,16H,6-7,9,11H2,1-3H3,(H,22,26). The van der Waals surface area contributed by atoms with E-state index in [1.807, 2.05) is 32.0 Å². The van der Waals surface area contributed by atoms with Crippen molar-refractivity contribution >= 4 is 17.5 Å². The highest BCUT2D eigenvalue weighted by molar-refractivity contribution is 6.00. The maximum Gasteiger partial charge on any atom is 0.256 e. The zero-order valence-electron chi connectivity index (χ0n) is 15.9. The average Bonchev–Trinajstić information content (AvgIpc) is 3.03. The van der Waals surface area contributed by atoms with Crippen LogP contribution >= 0.6 is 0 Å². The van der Waals surface area contributed by atoms with Crippen LogP contribution in [0.15, 0.2) is 35.5 Å². The lowest BCUT2D eigenvalue weighted by molar-refractivity contribution is -0.126. The molecule has 1 unspecified atom stereocenters. The minimum atomic E-state index is -0.383. The summed E-state index contributed by atoms with van der Waals surface area (Å²) in [5, 5.41) is 2.83. The highest BCUT2D eigenvalue weighted by Gasteiger charge is 2.35. The van der Waals surface area contributed by atoms with Crippen LogP contribution in [0.5, 0.6) is 0 Å². The van der Waals surface area contributed by atoms with Gasteiger partial charge in [-0.25, -0.2) is 4.98 Å². The third-order valence-electron chi connectivity index (χ3n) is 5.02. The van der Waals surface area contributed by atoms with Crippen LogP contribution in [0.4, 0.5) is 5.69 Å². The summed E-state index contributed by atoms with van der Waals surface area (Å²) in [5.41, 5.74) is 3.56. The summed E-state index contributed by atoms with van der Waals surface area (Å²) >= 11 is 0. The van der Waals surface area contributed by atoms with Crippen molar-refractivity contribution in [1.29, 1.82) is 0 Å². The molecule has 27 heavy (non-hydrogen) atoms. The topological polar surface area (TPSA) is 84.3 Å². The van der Waals surface area contributed by atoms with Gasteiger partial charge in [0.15, 0.2) is 0 Å². The molecule has 1 N–H and O–H groups in total. The van der Waals surface area contributed by atoms with E-state index >= 15 is 0 Å². The molecule has 0 saturated carbocycles. The molecule has 7 nitrogen and oxygen atoms in total. The SMILES string of the molecule is Cc1ccc(N2CC(C(=O)NCCn3cncc(C)c3=O)CC2=O)cc1C. The van der Waals surface area contributed by atoms with Crippen LogP contribution < -0.4 is 15.8 Å². The van der Waals surface area contributed by atoms with Crippen molar-refractivity contribution in [2.45, 2.75) is 33.7 Å². The molecule has 0 radical (unpaired) electrons. The van der Waals surface area contributed by atoms with Gasteiger partial charge in [-0.3, -0.25) is 19.0 Å². The molecule has 142 valence electrons. The molecule has 1 aromatic heterocycles. The summed E-state index contributed by atoms with van der Waals surface area (Å²) in [6.45, 7) is 6.77. The van der Waals surface area contributed by atoms with Gasteiger partial charge in [0, 0.05) is 43.5 Å². The van der Waals surface area contributed by atoms with E-state index in [0.29, 0.717) is 25.2 Å². The van der Waals surface area contributed by atoms with Gasteiger partial charge in [-0.05, 0) is 44.0 Å². The highest BCUT2D eigenvalue weighted by atomic mass is 16.2. The Morgan fingerprint density at radius 3 is 2.70 bits per heavy atom. The van der Waals surface area contributed by atoms with E-state index in [9.17, 15) is 14.4 Å². The molecule has 1 fully saturated rings. The van der Waals surface area contributed by atoms with Crippen LogP contribution in [0.1, 0.15) is 23.1 Å². The van der Waals surface area contributed by atoms with Crippen molar-refractivity contribution in [3.63, 3.8) is 0 Å². The van der Waals surface area contributed by atoms with Gasteiger partial charge in [0.2, 0.25) is 11.8 Å². The second-order valence-electron chi connectivity index (χ2n) is 7.04. The summed E-state index contributed by atoms with van der Waals surface area (Å²) in [6.07, 6.45) is 3.18. The number of carbonyl (C=O) groups excluding carboxylic acids is 2. The largest absolute Gasteiger partial charge is 0.354 e. The van der Waals surface area contributed by atoms with Crippen LogP contribution in [0.3, 0.4) is 0 Å². The number of amides is 2. The van der Waals surface area contributed by atoms with E-state index in [4.69, 9.17) is 0 Å². The first-order valence-corrected chi connectivity index (χ1v) is 9.03. The number of carbonyl (C=O) groups is 2. The summed E-state index contributed by atoms with van der Waals surface area (Å²) in [5.74, 6) is -0.590. The fourth-order valence-electron chi connectivity index (χ4n) is 3.19. The number of nitrogens with zero attached hydrogens (tertiary/aromatic N) is 3. The maximum atomic E-state index is 12.4. The Bertz CT molecular complexity index is 935. The summed E-state index contributed by atoms with van der Waals surface area (Å²) < 4.78 is 1.47. The molecule has 2 amide bonds. The van der Waals surface area contributed by atoms with Crippen molar-refractivity contribution in [1.82, 2.24) is 14.9 Å². The van der Waals surface area contributed by atoms with E-state index in [0.717, 1.165) is 11.3 Å². The Balaban J connectivity index is 1.58. The number of anilines is 1. The third kappa shape index (κ3) is 4.07. The summed E-state index contributed by atoms with van der Waals surface area (Å²) in [6, 6.07) is 5.88. The van der Waals surface area contributed by atoms with Crippen LogP contribution in [-0.2, 0) is 16.1 Å². The molecule has 1 aliphatic rings. The lowest BCUT2D eigenvalue weighted by Crippen LogP contribution is -2.36. The van der Waals surface area contributed by atoms with E-state index in [-0.39, 0.29) is 29.7 Å². The molecular formula is C20H24N4O3. The van der Waals surface area contributed by atoms with Gasteiger partial charge in [0.05, 0.1) is 12.2 Å². The molecule has 1 saturated heterocycles. The van der Waals surface area contributed by atoms with Gasteiger partial charge in [-0.2, -0.15) is 0 Å². The molecule has 1 aliphatic heterocycles. The van der Waals surface area contributed by atoms with Crippen LogP contribution in [-0.4, -0.2) is 34.5 Å². The van der Waals surface area contributed by atoms with Crippen LogP contribution in [0.25, 0.3) is 0 Å². The molecule has 1 aromatic carbocycles. The van der Waals surface area contributed by atoms with E-state index < -0.39 is 0 Å². The second kappa shape index (κ2) is 7.73. The second-order valence-corrected chi connectivity index (χ2v) is 7.04. The Hall–Kier alpha value is -2.96. The molecule has 0 bridgehead atoms. The van der Waals surface area contributed by atoms with Crippen molar-refractivity contribution in [3.8, 4) is 0 Å². The number of aromatic nitrogens is 2.